The van der Waals surface area contributed by atoms with Gasteiger partial charge in [-0.3, -0.25) is 4.68 Å². The molecule has 7 rings (SSSR count). The molecule has 0 radical (unpaired) electrons. The van der Waals surface area contributed by atoms with Gasteiger partial charge in [-0.1, -0.05) is 88.6 Å². The van der Waals surface area contributed by atoms with Gasteiger partial charge in [0.1, 0.15) is 5.82 Å². The maximum Gasteiger partial charge on any atom is 2.00 e. The van der Waals surface area contributed by atoms with Crippen molar-refractivity contribution in [2.45, 2.75) is 54.4 Å². The molecular formula is C42H40N4OPt. The first-order valence-corrected chi connectivity index (χ1v) is 16.2. The zero-order valence-electron chi connectivity index (χ0n) is 29.4. The van der Waals surface area contributed by atoms with Crippen LogP contribution in [0.25, 0.3) is 44.4 Å². The minimum atomic E-state index is 0. The average Bonchev–Trinajstić information content (AvgIpc) is 3.56. The molecule has 0 saturated heterocycles. The van der Waals surface area contributed by atoms with Crippen LogP contribution in [0, 0.1) is 37.3 Å². The van der Waals surface area contributed by atoms with Gasteiger partial charge in [-0.05, 0) is 71.5 Å². The molecule has 0 aliphatic carbocycles. The van der Waals surface area contributed by atoms with Crippen molar-refractivity contribution < 1.29 is 27.2 Å². The van der Waals surface area contributed by atoms with Gasteiger partial charge in [0.25, 0.3) is 0 Å². The molecule has 7 aromatic rings. The monoisotopic (exact) mass is 812 g/mol. The maximum atomic E-state index is 8.31. The summed E-state index contributed by atoms with van der Waals surface area (Å²) in [6.07, 6.45) is 1.68. The van der Waals surface area contributed by atoms with E-state index in [0.717, 1.165) is 50.0 Å². The SMILES string of the molecule is [2H]c1ccnc(-n2c3[c-]c(Oc4[c-]c(-n5nc(C)c(-c6ccccc6)c5C)ccc4)ccc3c3cc(C(C)C(C)C(C)(C)C)ccc32)c1.[Pt+2]. The van der Waals surface area contributed by atoms with Crippen LogP contribution in [0.2, 0.25) is 0 Å². The Labute approximate surface area is 299 Å². The quantitative estimate of drug-likeness (QED) is 0.151. The first kappa shape index (κ1) is 32.1. The first-order chi connectivity index (χ1) is 23.0. The van der Waals surface area contributed by atoms with Crippen LogP contribution in [0.15, 0.2) is 103 Å². The maximum absolute atomic E-state index is 8.31. The second-order valence-corrected chi connectivity index (χ2v) is 13.6. The van der Waals surface area contributed by atoms with Crippen LogP contribution in [0.5, 0.6) is 11.5 Å². The molecule has 0 amide bonds. The fraction of sp³-hybridized carbons (Fsp3) is 0.238. The van der Waals surface area contributed by atoms with Gasteiger partial charge in [0.15, 0.2) is 0 Å². The molecule has 3 aromatic heterocycles. The standard InChI is InChI=1S/C42H40N4O.Pt/c1-27(28(2)42(5,6)7)32-19-22-38-37(24-32)36-21-20-35(26-39(36)45(38)40-18-11-12-23-43-40)47-34-17-13-16-33(25-34)46-30(4)41(29(3)44-46)31-14-9-8-10-15-31;/h8-24,27-28H,1-7H3;/q-2;+2/i11D;. The number of pyridine rings is 1. The number of benzene rings is 4. The van der Waals surface area contributed by atoms with E-state index in [1.54, 1.807) is 18.3 Å². The van der Waals surface area contributed by atoms with E-state index < -0.39 is 0 Å². The van der Waals surface area contributed by atoms with Crippen LogP contribution in [0.3, 0.4) is 0 Å². The third kappa shape index (κ3) is 6.13. The smallest absolute Gasteiger partial charge is 0.509 e. The van der Waals surface area contributed by atoms with Gasteiger partial charge in [0.05, 0.1) is 7.06 Å². The average molecular weight is 813 g/mol. The Morgan fingerprint density at radius 3 is 2.35 bits per heavy atom. The number of aryl methyl sites for hydroxylation is 1. The van der Waals surface area contributed by atoms with Gasteiger partial charge in [0, 0.05) is 34.5 Å². The number of hydrogen-bond acceptors (Lipinski definition) is 3. The van der Waals surface area contributed by atoms with E-state index in [4.69, 9.17) is 11.2 Å². The summed E-state index contributed by atoms with van der Waals surface area (Å²) < 4.78 is 18.7. The number of fused-ring (bicyclic) bond motifs is 3. The largest absolute Gasteiger partial charge is 2.00 e. The van der Waals surface area contributed by atoms with Crippen molar-refractivity contribution in [2.24, 2.45) is 11.3 Å². The molecule has 0 saturated carbocycles. The molecule has 0 spiro atoms. The molecule has 2 unspecified atom stereocenters. The van der Waals surface area contributed by atoms with Gasteiger partial charge in [-0.15, -0.1) is 35.7 Å². The minimum Gasteiger partial charge on any atom is -0.509 e. The molecule has 0 N–H and O–H groups in total. The Hall–Kier alpha value is -4.47. The molecule has 2 atom stereocenters. The van der Waals surface area contributed by atoms with E-state index in [2.05, 4.69) is 99.6 Å². The van der Waals surface area contributed by atoms with Crippen molar-refractivity contribution >= 4 is 21.8 Å². The summed E-state index contributed by atoms with van der Waals surface area (Å²) in [6, 6.07) is 37.8. The number of nitrogens with zero attached hydrogens (tertiary/aromatic N) is 4. The second kappa shape index (κ2) is 13.2. The molecule has 0 fully saturated rings. The molecule has 48 heavy (non-hydrogen) atoms. The van der Waals surface area contributed by atoms with Gasteiger partial charge in [-0.2, -0.15) is 17.2 Å². The Balaban J connectivity index is 0.00000417. The predicted molar refractivity (Wildman–Crippen MR) is 192 cm³/mol. The molecule has 244 valence electrons. The van der Waals surface area contributed by atoms with Crippen LogP contribution < -0.4 is 4.74 Å². The van der Waals surface area contributed by atoms with Crippen molar-refractivity contribution in [1.82, 2.24) is 19.3 Å². The fourth-order valence-corrected chi connectivity index (χ4v) is 6.64. The van der Waals surface area contributed by atoms with Gasteiger partial charge in [-0.25, -0.2) is 4.98 Å². The van der Waals surface area contributed by atoms with E-state index in [-0.39, 0.29) is 26.5 Å². The van der Waals surface area contributed by atoms with Gasteiger partial charge >= 0.3 is 21.1 Å². The van der Waals surface area contributed by atoms with E-state index >= 15 is 0 Å². The van der Waals surface area contributed by atoms with E-state index in [0.29, 0.717) is 35.2 Å². The zero-order chi connectivity index (χ0) is 33.7. The van der Waals surface area contributed by atoms with Crippen LogP contribution in [-0.2, 0) is 21.1 Å². The van der Waals surface area contributed by atoms with Crippen molar-refractivity contribution in [2.75, 3.05) is 0 Å². The molecule has 0 aliphatic rings. The summed E-state index contributed by atoms with van der Waals surface area (Å²) in [5.41, 5.74) is 8.41. The molecule has 6 heteroatoms. The number of aromatic nitrogens is 4. The minimum absolute atomic E-state index is 0. The van der Waals surface area contributed by atoms with Crippen LogP contribution in [0.1, 0.15) is 58.9 Å². The summed E-state index contributed by atoms with van der Waals surface area (Å²) in [4.78, 5) is 4.66. The van der Waals surface area contributed by atoms with Crippen molar-refractivity contribution in [1.29, 1.82) is 0 Å². The van der Waals surface area contributed by atoms with Crippen molar-refractivity contribution in [3.63, 3.8) is 0 Å². The van der Waals surface area contributed by atoms with E-state index in [9.17, 15) is 0 Å². The van der Waals surface area contributed by atoms with Crippen molar-refractivity contribution in [3.8, 4) is 34.1 Å². The molecule has 3 heterocycles. The topological polar surface area (TPSA) is 44.9 Å². The van der Waals surface area contributed by atoms with Gasteiger partial charge < -0.3 is 9.30 Å². The normalized spacial score (nSPS) is 13.3. The fourth-order valence-electron chi connectivity index (χ4n) is 6.64. The Kier molecular flexibility index (Phi) is 8.83. The van der Waals surface area contributed by atoms with Gasteiger partial charge in [0.2, 0.25) is 0 Å². The molecular weight excluding hydrogens is 772 g/mol. The first-order valence-electron chi connectivity index (χ1n) is 16.7. The summed E-state index contributed by atoms with van der Waals surface area (Å²) in [7, 11) is 0. The second-order valence-electron chi connectivity index (χ2n) is 13.6. The van der Waals surface area contributed by atoms with Crippen LogP contribution in [0.4, 0.5) is 0 Å². The molecule has 0 bridgehead atoms. The third-order valence-corrected chi connectivity index (χ3v) is 9.69. The molecule has 4 aromatic carbocycles. The number of rotatable bonds is 7. The number of ether oxygens (including phenoxy) is 1. The summed E-state index contributed by atoms with van der Waals surface area (Å²) in [5.74, 6) is 2.67. The Morgan fingerprint density at radius 1 is 0.833 bits per heavy atom. The van der Waals surface area contributed by atoms with Crippen LogP contribution >= 0.6 is 0 Å². The predicted octanol–water partition coefficient (Wildman–Crippen LogP) is 10.8. The Morgan fingerprint density at radius 2 is 1.60 bits per heavy atom. The van der Waals surface area contributed by atoms with Crippen LogP contribution in [-0.4, -0.2) is 19.3 Å². The number of hydrogen-bond donors (Lipinski definition) is 0. The molecule has 0 aliphatic heterocycles. The van der Waals surface area contributed by atoms with E-state index in [1.807, 2.05) is 54.1 Å². The van der Waals surface area contributed by atoms with Crippen molar-refractivity contribution in [3.05, 3.63) is 132 Å². The summed E-state index contributed by atoms with van der Waals surface area (Å²) in [6.45, 7) is 15.7. The summed E-state index contributed by atoms with van der Waals surface area (Å²) in [5, 5.41) is 7.05. The zero-order valence-corrected chi connectivity index (χ0v) is 30.7. The van der Waals surface area contributed by atoms with E-state index in [1.165, 1.54) is 5.56 Å². The third-order valence-electron chi connectivity index (χ3n) is 9.69. The molecule has 5 nitrogen and oxygen atoms in total. The Bertz CT molecular complexity index is 2280. The summed E-state index contributed by atoms with van der Waals surface area (Å²) >= 11 is 0.